The van der Waals surface area contributed by atoms with Crippen LogP contribution in [0.4, 0.5) is 0 Å². The van der Waals surface area contributed by atoms with Gasteiger partial charge in [-0.05, 0) is 47.0 Å². The van der Waals surface area contributed by atoms with E-state index in [0.717, 1.165) is 19.6 Å². The maximum absolute atomic E-state index is 9.14. The van der Waals surface area contributed by atoms with Crippen molar-refractivity contribution in [1.29, 1.82) is 5.26 Å². The summed E-state index contributed by atoms with van der Waals surface area (Å²) in [5, 5.41) is 12.2. The summed E-state index contributed by atoms with van der Waals surface area (Å²) in [6.07, 6.45) is 2.61. The Hall–Kier alpha value is -0.630. The van der Waals surface area contributed by atoms with Gasteiger partial charge in [0.1, 0.15) is 5.54 Å². The standard InChI is InChI=1S/C13H26N4/c1-5-17-8-6-7-12(17)9-16(4)11-13(2,10-14)15-3/h12,15H,5-9,11H2,1-4H3. The van der Waals surface area contributed by atoms with E-state index < -0.39 is 5.54 Å². The minimum atomic E-state index is -0.440. The van der Waals surface area contributed by atoms with E-state index in [-0.39, 0.29) is 0 Å². The first kappa shape index (κ1) is 14.4. The van der Waals surface area contributed by atoms with E-state index in [1.807, 2.05) is 14.0 Å². The summed E-state index contributed by atoms with van der Waals surface area (Å²) < 4.78 is 0. The molecule has 0 aromatic carbocycles. The predicted octanol–water partition coefficient (Wildman–Crippen LogP) is 0.904. The largest absolute Gasteiger partial charge is 0.302 e. The Balaban J connectivity index is 2.44. The number of likely N-dealkylation sites (tertiary alicyclic amines) is 1. The van der Waals surface area contributed by atoms with Gasteiger partial charge in [0, 0.05) is 19.1 Å². The second kappa shape index (κ2) is 6.34. The summed E-state index contributed by atoms with van der Waals surface area (Å²) in [5.74, 6) is 0. The van der Waals surface area contributed by atoms with Crippen molar-refractivity contribution in [2.24, 2.45) is 0 Å². The van der Waals surface area contributed by atoms with Crippen LogP contribution in [0.15, 0.2) is 0 Å². The van der Waals surface area contributed by atoms with Crippen LogP contribution in [0, 0.1) is 11.3 Å². The van der Waals surface area contributed by atoms with Crippen molar-refractivity contribution >= 4 is 0 Å². The van der Waals surface area contributed by atoms with E-state index in [1.54, 1.807) is 0 Å². The third-order valence-electron chi connectivity index (χ3n) is 3.81. The third kappa shape index (κ3) is 3.95. The number of hydrogen-bond donors (Lipinski definition) is 1. The van der Waals surface area contributed by atoms with Crippen LogP contribution < -0.4 is 5.32 Å². The lowest BCUT2D eigenvalue weighted by atomic mass is 10.0. The number of likely N-dealkylation sites (N-methyl/N-ethyl adjacent to an activating group) is 3. The Morgan fingerprint density at radius 3 is 2.82 bits per heavy atom. The molecule has 17 heavy (non-hydrogen) atoms. The highest BCUT2D eigenvalue weighted by Gasteiger charge is 2.28. The Labute approximate surface area is 106 Å². The number of nitriles is 1. The molecule has 98 valence electrons. The molecule has 2 atom stereocenters. The Morgan fingerprint density at radius 2 is 2.29 bits per heavy atom. The number of nitrogens with one attached hydrogen (secondary N) is 1. The second-order valence-electron chi connectivity index (χ2n) is 5.32. The van der Waals surface area contributed by atoms with Crippen molar-refractivity contribution in [3.63, 3.8) is 0 Å². The first-order chi connectivity index (χ1) is 8.04. The molecule has 1 aliphatic heterocycles. The van der Waals surface area contributed by atoms with Crippen molar-refractivity contribution in [3.8, 4) is 6.07 Å². The minimum Gasteiger partial charge on any atom is -0.302 e. The molecule has 4 heteroatoms. The van der Waals surface area contributed by atoms with Crippen LogP contribution in [0.2, 0.25) is 0 Å². The molecule has 0 aromatic rings. The van der Waals surface area contributed by atoms with E-state index in [9.17, 15) is 0 Å². The fraction of sp³-hybridized carbons (Fsp3) is 0.923. The van der Waals surface area contributed by atoms with Crippen LogP contribution in [-0.2, 0) is 0 Å². The smallest absolute Gasteiger partial charge is 0.116 e. The highest BCUT2D eigenvalue weighted by molar-refractivity contribution is 5.05. The molecule has 4 nitrogen and oxygen atoms in total. The topological polar surface area (TPSA) is 42.3 Å². The first-order valence-corrected chi connectivity index (χ1v) is 6.57. The molecule has 1 N–H and O–H groups in total. The molecule has 0 aliphatic carbocycles. The summed E-state index contributed by atoms with van der Waals surface area (Å²) in [6.45, 7) is 8.39. The third-order valence-corrected chi connectivity index (χ3v) is 3.81. The van der Waals surface area contributed by atoms with Gasteiger partial charge in [-0.2, -0.15) is 5.26 Å². The maximum atomic E-state index is 9.14. The van der Waals surface area contributed by atoms with Gasteiger partial charge in [0.15, 0.2) is 0 Å². The van der Waals surface area contributed by atoms with Crippen LogP contribution in [-0.4, -0.2) is 61.7 Å². The van der Waals surface area contributed by atoms with Gasteiger partial charge in [-0.15, -0.1) is 0 Å². The van der Waals surface area contributed by atoms with Gasteiger partial charge in [0.25, 0.3) is 0 Å². The zero-order valence-corrected chi connectivity index (χ0v) is 11.7. The molecule has 0 saturated carbocycles. The van der Waals surface area contributed by atoms with Crippen molar-refractivity contribution in [1.82, 2.24) is 15.1 Å². The van der Waals surface area contributed by atoms with Crippen molar-refractivity contribution in [2.75, 3.05) is 40.3 Å². The fourth-order valence-electron chi connectivity index (χ4n) is 2.65. The number of rotatable bonds is 6. The molecule has 0 amide bonds. The number of nitrogens with zero attached hydrogens (tertiary/aromatic N) is 3. The van der Waals surface area contributed by atoms with Gasteiger partial charge in [-0.3, -0.25) is 4.90 Å². The zero-order chi connectivity index (χ0) is 12.9. The molecular weight excluding hydrogens is 212 g/mol. The summed E-state index contributed by atoms with van der Waals surface area (Å²) in [5.41, 5.74) is -0.440. The van der Waals surface area contributed by atoms with E-state index in [1.165, 1.54) is 19.4 Å². The van der Waals surface area contributed by atoms with E-state index in [4.69, 9.17) is 5.26 Å². The predicted molar refractivity (Wildman–Crippen MR) is 70.8 cm³/mol. The lowest BCUT2D eigenvalue weighted by Gasteiger charge is -2.32. The van der Waals surface area contributed by atoms with E-state index in [0.29, 0.717) is 6.04 Å². The SMILES string of the molecule is CCN1CCCC1CN(C)CC(C)(C#N)NC. The molecule has 0 bridgehead atoms. The number of hydrogen-bond acceptors (Lipinski definition) is 4. The highest BCUT2D eigenvalue weighted by atomic mass is 15.2. The van der Waals surface area contributed by atoms with E-state index >= 15 is 0 Å². The van der Waals surface area contributed by atoms with Crippen LogP contribution in [0.25, 0.3) is 0 Å². The van der Waals surface area contributed by atoms with Crippen molar-refractivity contribution in [3.05, 3.63) is 0 Å². The highest BCUT2D eigenvalue weighted by Crippen LogP contribution is 2.17. The lowest BCUT2D eigenvalue weighted by molar-refractivity contribution is 0.181. The molecular formula is C13H26N4. The van der Waals surface area contributed by atoms with Gasteiger partial charge in [-0.1, -0.05) is 6.92 Å². The Morgan fingerprint density at radius 1 is 1.59 bits per heavy atom. The quantitative estimate of drug-likeness (QED) is 0.747. The molecule has 0 spiro atoms. The summed E-state index contributed by atoms with van der Waals surface area (Å²) in [4.78, 5) is 4.82. The van der Waals surface area contributed by atoms with Crippen molar-refractivity contribution in [2.45, 2.75) is 38.3 Å². The molecule has 1 aliphatic rings. The van der Waals surface area contributed by atoms with Gasteiger partial charge < -0.3 is 10.2 Å². The summed E-state index contributed by atoms with van der Waals surface area (Å²) in [6, 6.07) is 3.01. The lowest BCUT2D eigenvalue weighted by Crippen LogP contribution is -2.50. The summed E-state index contributed by atoms with van der Waals surface area (Å²) >= 11 is 0. The molecule has 1 rings (SSSR count). The minimum absolute atomic E-state index is 0.440. The molecule has 1 fully saturated rings. The van der Waals surface area contributed by atoms with E-state index in [2.05, 4.69) is 35.2 Å². The van der Waals surface area contributed by atoms with Crippen LogP contribution in [0.5, 0.6) is 0 Å². The molecule has 0 radical (unpaired) electrons. The Kier molecular flexibility index (Phi) is 5.38. The summed E-state index contributed by atoms with van der Waals surface area (Å²) in [7, 11) is 3.96. The molecule has 1 heterocycles. The molecule has 0 aromatic heterocycles. The van der Waals surface area contributed by atoms with Crippen molar-refractivity contribution < 1.29 is 0 Å². The van der Waals surface area contributed by atoms with Crippen LogP contribution in [0.1, 0.15) is 26.7 Å². The molecule has 1 saturated heterocycles. The maximum Gasteiger partial charge on any atom is 0.116 e. The van der Waals surface area contributed by atoms with Gasteiger partial charge in [-0.25, -0.2) is 0 Å². The second-order valence-corrected chi connectivity index (χ2v) is 5.32. The molecule has 2 unspecified atom stereocenters. The average molecular weight is 238 g/mol. The van der Waals surface area contributed by atoms with Crippen LogP contribution in [0.3, 0.4) is 0 Å². The fourth-order valence-corrected chi connectivity index (χ4v) is 2.65. The van der Waals surface area contributed by atoms with Gasteiger partial charge >= 0.3 is 0 Å². The zero-order valence-electron chi connectivity index (χ0n) is 11.7. The van der Waals surface area contributed by atoms with Gasteiger partial charge in [0.2, 0.25) is 0 Å². The Bertz CT molecular complexity index is 273. The first-order valence-electron chi connectivity index (χ1n) is 6.57. The normalized spacial score (nSPS) is 24.8. The monoisotopic (exact) mass is 238 g/mol. The van der Waals surface area contributed by atoms with Crippen LogP contribution >= 0.6 is 0 Å². The average Bonchev–Trinajstić information content (AvgIpc) is 2.75. The van der Waals surface area contributed by atoms with Gasteiger partial charge in [0.05, 0.1) is 6.07 Å².